The van der Waals surface area contributed by atoms with Gasteiger partial charge in [0.2, 0.25) is 5.91 Å². The SMILES string of the molecule is C=C(C)CN(CC)C(=O)CCc1c(C)nn(C)c1C. The number of carbonyl (C=O) groups excluding carboxylic acids is 1. The smallest absolute Gasteiger partial charge is 0.223 e. The highest BCUT2D eigenvalue weighted by Crippen LogP contribution is 2.14. The van der Waals surface area contributed by atoms with Crippen LogP contribution in [0.4, 0.5) is 0 Å². The molecule has 0 aliphatic heterocycles. The largest absolute Gasteiger partial charge is 0.339 e. The summed E-state index contributed by atoms with van der Waals surface area (Å²) in [4.78, 5) is 14.0. The fourth-order valence-electron chi connectivity index (χ4n) is 2.27. The lowest BCUT2D eigenvalue weighted by Crippen LogP contribution is -2.32. The molecule has 0 unspecified atom stereocenters. The molecule has 0 aliphatic rings. The fraction of sp³-hybridized carbons (Fsp3) is 0.600. The standard InChI is InChI=1S/C15H25N3O/c1-7-18(10-11(2)3)15(19)9-8-14-12(4)16-17(6)13(14)5/h2,7-10H2,1,3-6H3. The van der Waals surface area contributed by atoms with Crippen molar-refractivity contribution in [3.63, 3.8) is 0 Å². The minimum absolute atomic E-state index is 0.188. The number of carbonyl (C=O) groups is 1. The van der Waals surface area contributed by atoms with Gasteiger partial charge in [0.15, 0.2) is 0 Å². The van der Waals surface area contributed by atoms with Gasteiger partial charge in [0.25, 0.3) is 0 Å². The van der Waals surface area contributed by atoms with Crippen LogP contribution in [-0.2, 0) is 18.3 Å². The molecule has 0 saturated carbocycles. The van der Waals surface area contributed by atoms with E-state index in [-0.39, 0.29) is 5.91 Å². The summed E-state index contributed by atoms with van der Waals surface area (Å²) >= 11 is 0. The van der Waals surface area contributed by atoms with Crippen molar-refractivity contribution in [1.82, 2.24) is 14.7 Å². The Kier molecular flexibility index (Phi) is 5.33. The molecule has 4 heteroatoms. The van der Waals surface area contributed by atoms with Gasteiger partial charge in [-0.05, 0) is 39.7 Å². The highest BCUT2D eigenvalue weighted by Gasteiger charge is 2.15. The monoisotopic (exact) mass is 263 g/mol. The summed E-state index contributed by atoms with van der Waals surface area (Å²) in [6.45, 7) is 13.3. The van der Waals surface area contributed by atoms with Crippen molar-refractivity contribution in [2.45, 2.75) is 40.5 Å². The Bertz CT molecular complexity index is 474. The Morgan fingerprint density at radius 1 is 1.42 bits per heavy atom. The van der Waals surface area contributed by atoms with E-state index in [1.165, 1.54) is 5.56 Å². The van der Waals surface area contributed by atoms with Gasteiger partial charge in [0.05, 0.1) is 5.69 Å². The summed E-state index contributed by atoms with van der Waals surface area (Å²) in [7, 11) is 1.94. The van der Waals surface area contributed by atoms with Crippen LogP contribution in [0.1, 0.15) is 37.2 Å². The van der Waals surface area contributed by atoms with E-state index >= 15 is 0 Å². The molecule has 0 N–H and O–H groups in total. The number of nitrogens with zero attached hydrogens (tertiary/aromatic N) is 3. The molecule has 0 fully saturated rings. The number of aromatic nitrogens is 2. The summed E-state index contributed by atoms with van der Waals surface area (Å²) in [5.41, 5.74) is 4.38. The van der Waals surface area contributed by atoms with Crippen molar-refractivity contribution < 1.29 is 4.79 Å². The molecule has 1 amide bonds. The Morgan fingerprint density at radius 3 is 2.47 bits per heavy atom. The number of hydrogen-bond donors (Lipinski definition) is 0. The van der Waals surface area contributed by atoms with Crippen LogP contribution in [0.5, 0.6) is 0 Å². The topological polar surface area (TPSA) is 38.1 Å². The van der Waals surface area contributed by atoms with Gasteiger partial charge in [0, 0.05) is 32.3 Å². The Labute approximate surface area is 116 Å². The predicted molar refractivity (Wildman–Crippen MR) is 78.1 cm³/mol. The van der Waals surface area contributed by atoms with Crippen LogP contribution in [-0.4, -0.2) is 33.7 Å². The van der Waals surface area contributed by atoms with Gasteiger partial charge in [-0.2, -0.15) is 5.10 Å². The molecule has 0 saturated heterocycles. The number of amides is 1. The van der Waals surface area contributed by atoms with Crippen molar-refractivity contribution in [1.29, 1.82) is 0 Å². The molecular weight excluding hydrogens is 238 g/mol. The number of likely N-dealkylation sites (N-methyl/N-ethyl adjacent to an activating group) is 1. The number of hydrogen-bond acceptors (Lipinski definition) is 2. The van der Waals surface area contributed by atoms with Crippen molar-refractivity contribution in [3.8, 4) is 0 Å². The molecule has 1 aromatic rings. The van der Waals surface area contributed by atoms with E-state index in [2.05, 4.69) is 11.7 Å². The van der Waals surface area contributed by atoms with Crippen molar-refractivity contribution in [3.05, 3.63) is 29.1 Å². The lowest BCUT2D eigenvalue weighted by molar-refractivity contribution is -0.130. The summed E-state index contributed by atoms with van der Waals surface area (Å²) in [6.07, 6.45) is 1.30. The molecular formula is C15H25N3O. The molecule has 0 bridgehead atoms. The highest BCUT2D eigenvalue weighted by atomic mass is 16.2. The Balaban J connectivity index is 2.65. The summed E-state index contributed by atoms with van der Waals surface area (Å²) in [6, 6.07) is 0. The second-order valence-corrected chi connectivity index (χ2v) is 5.14. The van der Waals surface area contributed by atoms with Crippen LogP contribution in [0.15, 0.2) is 12.2 Å². The van der Waals surface area contributed by atoms with Crippen molar-refractivity contribution in [2.75, 3.05) is 13.1 Å². The molecule has 0 aliphatic carbocycles. The summed E-state index contributed by atoms with van der Waals surface area (Å²) in [5.74, 6) is 0.188. The second kappa shape index (κ2) is 6.55. The first-order valence-corrected chi connectivity index (χ1v) is 6.78. The van der Waals surface area contributed by atoms with Crippen LogP contribution in [0.3, 0.4) is 0 Å². The molecule has 1 aromatic heterocycles. The van der Waals surface area contributed by atoms with Gasteiger partial charge in [-0.15, -0.1) is 0 Å². The van der Waals surface area contributed by atoms with Gasteiger partial charge in [-0.25, -0.2) is 0 Å². The molecule has 1 rings (SSSR count). The molecule has 0 aromatic carbocycles. The lowest BCUT2D eigenvalue weighted by Gasteiger charge is -2.21. The summed E-state index contributed by atoms with van der Waals surface area (Å²) < 4.78 is 1.88. The first-order valence-electron chi connectivity index (χ1n) is 6.78. The van der Waals surface area contributed by atoms with E-state index in [1.807, 2.05) is 44.3 Å². The highest BCUT2D eigenvalue weighted by molar-refractivity contribution is 5.76. The molecule has 1 heterocycles. The van der Waals surface area contributed by atoms with Crippen LogP contribution in [0.25, 0.3) is 0 Å². The Morgan fingerprint density at radius 2 is 2.05 bits per heavy atom. The fourth-order valence-corrected chi connectivity index (χ4v) is 2.27. The maximum absolute atomic E-state index is 12.2. The van der Waals surface area contributed by atoms with E-state index < -0.39 is 0 Å². The molecule has 4 nitrogen and oxygen atoms in total. The zero-order valence-corrected chi connectivity index (χ0v) is 12.8. The quantitative estimate of drug-likeness (QED) is 0.739. The van der Waals surface area contributed by atoms with E-state index in [0.717, 1.165) is 29.9 Å². The van der Waals surface area contributed by atoms with Gasteiger partial charge in [-0.3, -0.25) is 9.48 Å². The zero-order valence-electron chi connectivity index (χ0n) is 12.8. The number of aryl methyl sites for hydroxylation is 2. The molecule has 106 valence electrons. The third-order valence-electron chi connectivity index (χ3n) is 3.44. The van der Waals surface area contributed by atoms with Gasteiger partial charge < -0.3 is 4.90 Å². The molecule has 0 spiro atoms. The third-order valence-corrected chi connectivity index (χ3v) is 3.44. The zero-order chi connectivity index (χ0) is 14.6. The van der Waals surface area contributed by atoms with Gasteiger partial charge >= 0.3 is 0 Å². The first-order chi connectivity index (χ1) is 8.86. The maximum atomic E-state index is 12.2. The van der Waals surface area contributed by atoms with Crippen molar-refractivity contribution >= 4 is 5.91 Å². The van der Waals surface area contributed by atoms with Gasteiger partial charge in [-0.1, -0.05) is 12.2 Å². The van der Waals surface area contributed by atoms with E-state index in [4.69, 9.17) is 0 Å². The minimum Gasteiger partial charge on any atom is -0.339 e. The number of rotatable bonds is 6. The molecule has 19 heavy (non-hydrogen) atoms. The summed E-state index contributed by atoms with van der Waals surface area (Å²) in [5, 5.41) is 4.38. The van der Waals surface area contributed by atoms with Crippen LogP contribution < -0.4 is 0 Å². The van der Waals surface area contributed by atoms with E-state index in [9.17, 15) is 4.79 Å². The maximum Gasteiger partial charge on any atom is 0.223 e. The van der Waals surface area contributed by atoms with Crippen LogP contribution in [0, 0.1) is 13.8 Å². The van der Waals surface area contributed by atoms with Crippen LogP contribution in [0.2, 0.25) is 0 Å². The minimum atomic E-state index is 0.188. The normalized spacial score (nSPS) is 10.6. The molecule has 0 radical (unpaired) electrons. The van der Waals surface area contributed by atoms with E-state index in [0.29, 0.717) is 13.0 Å². The first kappa shape index (κ1) is 15.5. The average molecular weight is 263 g/mol. The van der Waals surface area contributed by atoms with Gasteiger partial charge in [0.1, 0.15) is 0 Å². The van der Waals surface area contributed by atoms with Crippen molar-refractivity contribution in [2.24, 2.45) is 7.05 Å². The Hall–Kier alpha value is -1.58. The molecule has 0 atom stereocenters. The van der Waals surface area contributed by atoms with E-state index in [1.54, 1.807) is 0 Å². The average Bonchev–Trinajstić information content (AvgIpc) is 2.57. The van der Waals surface area contributed by atoms with Crippen LogP contribution >= 0.6 is 0 Å². The lowest BCUT2D eigenvalue weighted by atomic mass is 10.1. The second-order valence-electron chi connectivity index (χ2n) is 5.14. The predicted octanol–water partition coefficient (Wildman–Crippen LogP) is 2.39. The third kappa shape index (κ3) is 3.94.